The predicted molar refractivity (Wildman–Crippen MR) is 63.9 cm³/mol. The van der Waals surface area contributed by atoms with E-state index in [1.165, 1.54) is 0 Å². The van der Waals surface area contributed by atoms with E-state index in [0.29, 0.717) is 5.75 Å². The van der Waals surface area contributed by atoms with Crippen molar-refractivity contribution >= 4 is 51.3 Å². The Morgan fingerprint density at radius 2 is 2.09 bits per heavy atom. The summed E-state index contributed by atoms with van der Waals surface area (Å²) in [5, 5.41) is 9.47. The lowest BCUT2D eigenvalue weighted by molar-refractivity contribution is 0.470. The van der Waals surface area contributed by atoms with Gasteiger partial charge in [-0.05, 0) is 38.8 Å². The van der Waals surface area contributed by atoms with Crippen molar-refractivity contribution in [1.82, 2.24) is 0 Å². The molecule has 0 unspecified atom stereocenters. The van der Waals surface area contributed by atoms with E-state index in [2.05, 4.69) is 45.2 Å². The fraction of sp³-hybridized carbons (Fsp3) is 0. The van der Waals surface area contributed by atoms with Crippen molar-refractivity contribution in [3.8, 4) is 5.75 Å². The van der Waals surface area contributed by atoms with Gasteiger partial charge in [0.2, 0.25) is 0 Å². The van der Waals surface area contributed by atoms with Crippen LogP contribution in [0.2, 0.25) is 0 Å². The topological polar surface area (TPSA) is 20.2 Å². The number of phenolic OH excluding ortho intramolecular Hbond substituents is 1. The van der Waals surface area contributed by atoms with Crippen LogP contribution in [0.25, 0.3) is 6.08 Å². The summed E-state index contributed by atoms with van der Waals surface area (Å²) < 4.78 is 2.76. The summed E-state index contributed by atoms with van der Waals surface area (Å²) in [5.41, 5.74) is 0.867. The summed E-state index contributed by atoms with van der Waals surface area (Å²) >= 11 is 4.23. The van der Waals surface area contributed by atoms with E-state index < -0.39 is 0 Å². The van der Waals surface area contributed by atoms with Gasteiger partial charge in [0.25, 0.3) is 0 Å². The van der Waals surface area contributed by atoms with Crippen LogP contribution < -0.4 is 0 Å². The number of halogens is 2. The maximum Gasteiger partial charge on any atom is 0.136 e. The van der Waals surface area contributed by atoms with Gasteiger partial charge in [0.15, 0.2) is 0 Å². The van der Waals surface area contributed by atoms with Crippen LogP contribution in [0.3, 0.4) is 0 Å². The van der Waals surface area contributed by atoms with Crippen LogP contribution in [-0.2, 0) is 0 Å². The van der Waals surface area contributed by atoms with Crippen LogP contribution in [0.5, 0.6) is 5.75 Å². The van der Waals surface area contributed by atoms with Crippen molar-refractivity contribution in [3.63, 3.8) is 0 Å². The Hall–Kier alpha value is 0.220. The maximum atomic E-state index is 9.47. The van der Waals surface area contributed by atoms with E-state index in [4.69, 9.17) is 0 Å². The van der Waals surface area contributed by atoms with Gasteiger partial charge in [-0.3, -0.25) is 0 Å². The summed E-state index contributed by atoms with van der Waals surface area (Å²) in [6, 6.07) is 5.68. The second-order valence-electron chi connectivity index (χ2n) is 1.97. The largest absolute Gasteiger partial charge is 0.506 e. The first-order valence-corrected chi connectivity index (χ1v) is 5.32. The first-order chi connectivity index (χ1) is 5.25. The molecule has 1 N–H and O–H groups in total. The average Bonchev–Trinajstić information content (AvgIpc) is 1.99. The Kier molecular flexibility index (Phi) is 3.64. The molecule has 0 aliphatic heterocycles. The van der Waals surface area contributed by atoms with Gasteiger partial charge in [-0.25, -0.2) is 0 Å². The van der Waals surface area contributed by atoms with Gasteiger partial charge in [0.1, 0.15) is 5.75 Å². The molecule has 0 saturated heterocycles. The number of para-hydroxylation sites is 1. The summed E-state index contributed by atoms with van der Waals surface area (Å²) in [4.78, 5) is 0. The normalized spacial score (nSPS) is 10.7. The van der Waals surface area contributed by atoms with E-state index in [1.54, 1.807) is 0 Å². The molecule has 1 aromatic carbocycles. The van der Waals surface area contributed by atoms with Gasteiger partial charge in [0, 0.05) is 5.56 Å². The molecular weight excluding hydrogens is 366 g/mol. The molecule has 0 bridgehead atoms. The number of phenols is 1. The number of benzene rings is 1. The second-order valence-corrected chi connectivity index (χ2v) is 3.85. The van der Waals surface area contributed by atoms with E-state index >= 15 is 0 Å². The third-order valence-electron chi connectivity index (χ3n) is 1.26. The molecule has 1 aromatic rings. The molecule has 1 nitrogen and oxygen atoms in total. The Morgan fingerprint density at radius 3 is 2.73 bits per heavy atom. The van der Waals surface area contributed by atoms with Gasteiger partial charge in [-0.15, -0.1) is 0 Å². The highest BCUT2D eigenvalue weighted by Gasteiger charge is 1.99. The van der Waals surface area contributed by atoms with Gasteiger partial charge in [-0.1, -0.05) is 34.7 Å². The fourth-order valence-corrected chi connectivity index (χ4v) is 1.64. The summed E-state index contributed by atoms with van der Waals surface area (Å²) in [6.07, 6.45) is 1.87. The molecule has 11 heavy (non-hydrogen) atoms. The summed E-state index contributed by atoms with van der Waals surface area (Å²) in [7, 11) is 0. The third kappa shape index (κ3) is 2.33. The second kappa shape index (κ2) is 4.30. The zero-order valence-corrected chi connectivity index (χ0v) is 9.90. The van der Waals surface area contributed by atoms with E-state index in [9.17, 15) is 5.11 Å². The summed E-state index contributed by atoms with van der Waals surface area (Å²) in [6.45, 7) is 0. The lowest BCUT2D eigenvalue weighted by Gasteiger charge is -1.99. The zero-order chi connectivity index (χ0) is 8.27. The van der Waals surface area contributed by atoms with Gasteiger partial charge in [-0.2, -0.15) is 0 Å². The molecular formula is C8H6I2O. The minimum absolute atomic E-state index is 0.362. The van der Waals surface area contributed by atoms with Crippen LogP contribution in [0.1, 0.15) is 5.56 Å². The molecule has 0 heterocycles. The quantitative estimate of drug-likeness (QED) is 0.750. The molecule has 0 spiro atoms. The molecule has 0 aromatic heterocycles. The summed E-state index contributed by atoms with van der Waals surface area (Å²) in [5.74, 6) is 0.362. The number of aromatic hydroxyl groups is 1. The van der Waals surface area contributed by atoms with Crippen LogP contribution >= 0.6 is 45.2 Å². The minimum Gasteiger partial charge on any atom is -0.506 e. The van der Waals surface area contributed by atoms with Gasteiger partial charge in [0.05, 0.1) is 3.57 Å². The van der Waals surface area contributed by atoms with Crippen molar-refractivity contribution in [2.24, 2.45) is 0 Å². The molecule has 0 aliphatic carbocycles. The monoisotopic (exact) mass is 372 g/mol. The Balaban J connectivity index is 3.16. The molecule has 3 heteroatoms. The highest BCUT2D eigenvalue weighted by Crippen LogP contribution is 2.24. The first-order valence-electron chi connectivity index (χ1n) is 3.00. The van der Waals surface area contributed by atoms with Crippen molar-refractivity contribution in [3.05, 3.63) is 31.4 Å². The lowest BCUT2D eigenvalue weighted by Crippen LogP contribution is -1.77. The first kappa shape index (κ1) is 9.31. The molecule has 58 valence electrons. The maximum absolute atomic E-state index is 9.47. The minimum atomic E-state index is 0.362. The predicted octanol–water partition coefficient (Wildman–Crippen LogP) is 3.40. The smallest absolute Gasteiger partial charge is 0.136 e. The Morgan fingerprint density at radius 1 is 1.36 bits per heavy atom. The molecule has 0 fully saturated rings. The van der Waals surface area contributed by atoms with Crippen molar-refractivity contribution in [2.45, 2.75) is 0 Å². The Bertz CT molecular complexity index is 281. The van der Waals surface area contributed by atoms with Gasteiger partial charge < -0.3 is 5.11 Å². The SMILES string of the molecule is Oc1c(I)cccc1C=CI. The average molecular weight is 372 g/mol. The molecule has 0 amide bonds. The van der Waals surface area contributed by atoms with Crippen LogP contribution in [-0.4, -0.2) is 5.11 Å². The number of hydrogen-bond acceptors (Lipinski definition) is 1. The third-order valence-corrected chi connectivity index (χ3v) is 2.49. The lowest BCUT2D eigenvalue weighted by atomic mass is 10.2. The highest BCUT2D eigenvalue weighted by molar-refractivity contribution is 14.1. The van der Waals surface area contributed by atoms with Crippen LogP contribution in [0, 0.1) is 3.57 Å². The van der Waals surface area contributed by atoms with Crippen LogP contribution in [0.4, 0.5) is 0 Å². The van der Waals surface area contributed by atoms with Crippen molar-refractivity contribution in [1.29, 1.82) is 0 Å². The Labute approximate surface area is 92.8 Å². The van der Waals surface area contributed by atoms with Crippen molar-refractivity contribution in [2.75, 3.05) is 0 Å². The van der Waals surface area contributed by atoms with Crippen molar-refractivity contribution < 1.29 is 5.11 Å². The van der Waals surface area contributed by atoms with Crippen LogP contribution in [0.15, 0.2) is 22.3 Å². The molecule has 0 aliphatic rings. The number of rotatable bonds is 1. The van der Waals surface area contributed by atoms with E-state index in [0.717, 1.165) is 9.13 Å². The molecule has 1 rings (SSSR count). The molecule has 0 radical (unpaired) electrons. The van der Waals surface area contributed by atoms with E-state index in [1.807, 2.05) is 28.4 Å². The highest BCUT2D eigenvalue weighted by atomic mass is 127. The fourth-order valence-electron chi connectivity index (χ4n) is 0.734. The molecule has 0 saturated carbocycles. The van der Waals surface area contributed by atoms with E-state index in [-0.39, 0.29) is 0 Å². The molecule has 0 atom stereocenters. The zero-order valence-electron chi connectivity index (χ0n) is 5.59. The van der Waals surface area contributed by atoms with Gasteiger partial charge >= 0.3 is 0 Å². The standard InChI is InChI=1S/C8H6I2O/c9-5-4-6-2-1-3-7(10)8(6)11/h1-5,11H. The number of hydrogen-bond donors (Lipinski definition) is 1.